The number of esters is 1. The lowest BCUT2D eigenvalue weighted by Crippen LogP contribution is -2.48. The van der Waals surface area contributed by atoms with Gasteiger partial charge in [-0.2, -0.15) is 5.26 Å². The molecule has 0 saturated heterocycles. The van der Waals surface area contributed by atoms with Gasteiger partial charge in [0.25, 0.3) is 5.91 Å². The van der Waals surface area contributed by atoms with Crippen LogP contribution in [0.2, 0.25) is 0 Å². The fourth-order valence-corrected chi connectivity index (χ4v) is 3.56. The van der Waals surface area contributed by atoms with Crippen molar-refractivity contribution in [1.82, 2.24) is 5.32 Å². The zero-order valence-electron chi connectivity index (χ0n) is 15.5. The summed E-state index contributed by atoms with van der Waals surface area (Å²) in [6.07, 6.45) is 3.40. The molecule has 1 saturated carbocycles. The largest absolute Gasteiger partial charge is 0.464 e. The van der Waals surface area contributed by atoms with Gasteiger partial charge in [0.2, 0.25) is 0 Å². The fraction of sp³-hybridized carbons (Fsp3) is 0.318. The van der Waals surface area contributed by atoms with Crippen molar-refractivity contribution in [2.75, 3.05) is 6.61 Å². The molecule has 2 aromatic carbocycles. The van der Waals surface area contributed by atoms with Crippen LogP contribution in [0.1, 0.15) is 25.3 Å². The fourth-order valence-electron chi connectivity index (χ4n) is 3.56. The van der Waals surface area contributed by atoms with Crippen LogP contribution in [0.5, 0.6) is 0 Å². The number of amides is 1. The normalized spacial score (nSPS) is 15.7. The molecule has 3 aromatic rings. The summed E-state index contributed by atoms with van der Waals surface area (Å²) in [4.78, 5) is 24.4. The molecule has 6 heteroatoms. The molecule has 6 nitrogen and oxygen atoms in total. The lowest BCUT2D eigenvalue weighted by atomic mass is 9.98. The minimum absolute atomic E-state index is 0.00638. The molecule has 1 atom stereocenters. The minimum atomic E-state index is -0.900. The van der Waals surface area contributed by atoms with Crippen LogP contribution in [0.15, 0.2) is 47.1 Å². The number of hydrogen-bond acceptors (Lipinski definition) is 5. The van der Waals surface area contributed by atoms with Gasteiger partial charge in [0.15, 0.2) is 6.61 Å². The summed E-state index contributed by atoms with van der Waals surface area (Å²) in [5.74, 6) is -0.814. The van der Waals surface area contributed by atoms with Crippen LogP contribution < -0.4 is 5.32 Å². The van der Waals surface area contributed by atoms with Gasteiger partial charge >= 0.3 is 5.97 Å². The molecular weight excluding hydrogens is 356 g/mol. The third-order valence-corrected chi connectivity index (χ3v) is 5.26. The van der Waals surface area contributed by atoms with Gasteiger partial charge in [-0.25, -0.2) is 0 Å². The predicted octanol–water partition coefficient (Wildman–Crippen LogP) is 3.48. The molecule has 1 aliphatic rings. The van der Waals surface area contributed by atoms with E-state index in [0.29, 0.717) is 5.58 Å². The van der Waals surface area contributed by atoms with E-state index in [9.17, 15) is 14.9 Å². The molecule has 4 rings (SSSR count). The highest BCUT2D eigenvalue weighted by atomic mass is 16.5. The Morgan fingerprint density at radius 1 is 1.29 bits per heavy atom. The number of rotatable bonds is 6. The Bertz CT molecular complexity index is 1110. The summed E-state index contributed by atoms with van der Waals surface area (Å²) < 4.78 is 10.7. The first-order chi connectivity index (χ1) is 13.5. The molecule has 0 aliphatic heterocycles. The van der Waals surface area contributed by atoms with Crippen molar-refractivity contribution in [3.8, 4) is 6.07 Å². The second-order valence-corrected chi connectivity index (χ2v) is 7.39. The molecule has 0 unspecified atom stereocenters. The van der Waals surface area contributed by atoms with Gasteiger partial charge < -0.3 is 14.5 Å². The second-order valence-electron chi connectivity index (χ2n) is 7.39. The van der Waals surface area contributed by atoms with Crippen molar-refractivity contribution in [1.29, 1.82) is 5.26 Å². The first-order valence-corrected chi connectivity index (χ1v) is 9.26. The van der Waals surface area contributed by atoms with Crippen LogP contribution in [-0.4, -0.2) is 24.0 Å². The van der Waals surface area contributed by atoms with E-state index in [1.54, 1.807) is 13.2 Å². The smallest absolute Gasteiger partial charge is 0.310 e. The van der Waals surface area contributed by atoms with E-state index >= 15 is 0 Å². The van der Waals surface area contributed by atoms with Gasteiger partial charge in [-0.05, 0) is 42.5 Å². The van der Waals surface area contributed by atoms with Gasteiger partial charge in [-0.1, -0.05) is 30.3 Å². The van der Waals surface area contributed by atoms with Crippen molar-refractivity contribution in [2.45, 2.75) is 31.7 Å². The predicted molar refractivity (Wildman–Crippen MR) is 103 cm³/mol. The Morgan fingerprint density at radius 3 is 2.82 bits per heavy atom. The van der Waals surface area contributed by atoms with E-state index in [-0.39, 0.29) is 12.3 Å². The highest BCUT2D eigenvalue weighted by Crippen LogP contribution is 2.39. The Hall–Kier alpha value is -3.33. The Morgan fingerprint density at radius 2 is 2.07 bits per heavy atom. The van der Waals surface area contributed by atoms with Crippen LogP contribution in [0, 0.1) is 17.2 Å². The van der Waals surface area contributed by atoms with E-state index in [1.807, 2.05) is 36.4 Å². The molecule has 142 valence electrons. The summed E-state index contributed by atoms with van der Waals surface area (Å²) in [7, 11) is 0. The summed E-state index contributed by atoms with van der Waals surface area (Å²) >= 11 is 0. The molecule has 1 fully saturated rings. The van der Waals surface area contributed by atoms with E-state index in [2.05, 4.69) is 11.4 Å². The average Bonchev–Trinajstić information content (AvgIpc) is 3.49. The summed E-state index contributed by atoms with van der Waals surface area (Å²) in [5, 5.41) is 14.9. The van der Waals surface area contributed by atoms with Crippen molar-refractivity contribution in [2.24, 2.45) is 5.92 Å². The van der Waals surface area contributed by atoms with Crippen molar-refractivity contribution in [3.63, 3.8) is 0 Å². The average molecular weight is 376 g/mol. The van der Waals surface area contributed by atoms with Gasteiger partial charge in [0, 0.05) is 10.9 Å². The summed E-state index contributed by atoms with van der Waals surface area (Å²) in [6, 6.07) is 13.9. The van der Waals surface area contributed by atoms with E-state index in [0.717, 1.165) is 34.6 Å². The van der Waals surface area contributed by atoms with Crippen LogP contribution in [0.4, 0.5) is 0 Å². The molecule has 1 aromatic heterocycles. The molecule has 1 amide bonds. The number of benzene rings is 2. The number of furan rings is 1. The van der Waals surface area contributed by atoms with Crippen molar-refractivity contribution < 1.29 is 18.7 Å². The maximum Gasteiger partial charge on any atom is 0.310 e. The third kappa shape index (κ3) is 3.44. The number of nitriles is 1. The molecule has 0 radical (unpaired) electrons. The topological polar surface area (TPSA) is 92.3 Å². The molecule has 0 bridgehead atoms. The van der Waals surface area contributed by atoms with E-state index < -0.39 is 24.0 Å². The lowest BCUT2D eigenvalue weighted by Gasteiger charge is -2.22. The third-order valence-electron chi connectivity index (χ3n) is 5.26. The van der Waals surface area contributed by atoms with Gasteiger partial charge in [0.05, 0.1) is 18.8 Å². The lowest BCUT2D eigenvalue weighted by molar-refractivity contribution is -0.148. The minimum Gasteiger partial charge on any atom is -0.464 e. The maximum absolute atomic E-state index is 12.3. The van der Waals surface area contributed by atoms with Crippen molar-refractivity contribution in [3.05, 3.63) is 48.2 Å². The molecule has 28 heavy (non-hydrogen) atoms. The number of nitrogens with one attached hydrogen (secondary N) is 1. The van der Waals surface area contributed by atoms with Crippen LogP contribution in [0.25, 0.3) is 21.7 Å². The Balaban J connectivity index is 1.42. The number of hydrogen-bond donors (Lipinski definition) is 1. The summed E-state index contributed by atoms with van der Waals surface area (Å²) in [6.45, 7) is 1.30. The molecule has 1 N–H and O–H groups in total. The molecule has 1 aliphatic carbocycles. The Kier molecular flexibility index (Phi) is 4.52. The standard InChI is InChI=1S/C22H20N2O4/c1-22(13-23,16-7-8-16)24-19(25)12-28-20(26)10-15-11-27-18-9-6-14-4-2-3-5-17(14)21(15)18/h2-6,9,11,16H,7-8,10,12H2,1H3,(H,24,25)/t22-/m0/s1. The van der Waals surface area contributed by atoms with E-state index in [4.69, 9.17) is 9.15 Å². The zero-order valence-corrected chi connectivity index (χ0v) is 15.5. The SMILES string of the molecule is C[C@@](C#N)(NC(=O)COC(=O)Cc1coc2ccc3ccccc3c12)C1CC1. The van der Waals surface area contributed by atoms with Gasteiger partial charge in [-0.15, -0.1) is 0 Å². The van der Waals surface area contributed by atoms with Gasteiger partial charge in [0.1, 0.15) is 11.1 Å². The number of carbonyl (C=O) groups excluding carboxylic acids is 2. The maximum atomic E-state index is 12.3. The van der Waals surface area contributed by atoms with Crippen LogP contribution in [0.3, 0.4) is 0 Å². The second kappa shape index (κ2) is 7.01. The quantitative estimate of drug-likeness (QED) is 0.665. The molecule has 0 spiro atoms. The first kappa shape index (κ1) is 18.1. The number of carbonyl (C=O) groups is 2. The van der Waals surface area contributed by atoms with E-state index in [1.165, 1.54) is 0 Å². The number of ether oxygens (including phenoxy) is 1. The molecule has 1 heterocycles. The summed E-state index contributed by atoms with van der Waals surface area (Å²) in [5.41, 5.74) is 0.522. The monoisotopic (exact) mass is 376 g/mol. The van der Waals surface area contributed by atoms with Gasteiger partial charge in [-0.3, -0.25) is 9.59 Å². The van der Waals surface area contributed by atoms with Crippen molar-refractivity contribution >= 4 is 33.6 Å². The Labute approximate surface area is 162 Å². The van der Waals surface area contributed by atoms with Crippen LogP contribution >= 0.6 is 0 Å². The highest BCUT2D eigenvalue weighted by molar-refractivity contribution is 6.08. The first-order valence-electron chi connectivity index (χ1n) is 9.26. The molecular formula is C22H20N2O4. The number of nitrogens with zero attached hydrogens (tertiary/aromatic N) is 1. The zero-order chi connectivity index (χ0) is 19.7. The number of fused-ring (bicyclic) bond motifs is 3. The van der Waals surface area contributed by atoms with Crippen LogP contribution in [-0.2, 0) is 20.7 Å². The highest BCUT2D eigenvalue weighted by Gasteiger charge is 2.43.